The van der Waals surface area contributed by atoms with Crippen molar-refractivity contribution in [1.82, 2.24) is 15.5 Å². The number of nitrogens with one attached hydrogen (secondary N) is 2. The van der Waals surface area contributed by atoms with Crippen LogP contribution in [-0.2, 0) is 4.79 Å². The number of rotatable bonds is 2. The quantitative estimate of drug-likeness (QED) is 0.797. The molecule has 19 heavy (non-hydrogen) atoms. The molecule has 4 heteroatoms. The van der Waals surface area contributed by atoms with Gasteiger partial charge in [0.15, 0.2) is 0 Å². The van der Waals surface area contributed by atoms with Gasteiger partial charge in [0.1, 0.15) is 0 Å². The predicted octanol–water partition coefficient (Wildman–Crippen LogP) is 1.51. The highest BCUT2D eigenvalue weighted by molar-refractivity contribution is 5.82. The topological polar surface area (TPSA) is 44.4 Å². The van der Waals surface area contributed by atoms with Crippen LogP contribution < -0.4 is 10.6 Å². The summed E-state index contributed by atoms with van der Waals surface area (Å²) < 4.78 is 0. The second-order valence-corrected chi connectivity index (χ2v) is 6.94. The lowest BCUT2D eigenvalue weighted by Crippen LogP contribution is -2.54. The van der Waals surface area contributed by atoms with Gasteiger partial charge in [-0.3, -0.25) is 9.69 Å². The maximum absolute atomic E-state index is 12.2. The van der Waals surface area contributed by atoms with Gasteiger partial charge in [-0.25, -0.2) is 0 Å². The summed E-state index contributed by atoms with van der Waals surface area (Å²) in [5, 5.41) is 6.55. The van der Waals surface area contributed by atoms with Gasteiger partial charge in [0.2, 0.25) is 5.91 Å². The third kappa shape index (κ3) is 4.18. The van der Waals surface area contributed by atoms with E-state index in [2.05, 4.69) is 36.3 Å². The molecule has 0 radical (unpaired) electrons. The molecule has 0 bridgehead atoms. The molecule has 110 valence electrons. The van der Waals surface area contributed by atoms with Crippen molar-refractivity contribution in [3.8, 4) is 0 Å². The lowest BCUT2D eigenvalue weighted by atomic mass is 9.97. The third-order valence-electron chi connectivity index (χ3n) is 4.42. The Bertz CT molecular complexity index is 297. The molecule has 2 N–H and O–H groups in total. The lowest BCUT2D eigenvalue weighted by molar-refractivity contribution is -0.124. The zero-order chi connectivity index (χ0) is 13.9. The first-order valence-electron chi connectivity index (χ1n) is 7.75. The number of likely N-dealkylation sites (tertiary alicyclic amines) is 1. The minimum Gasteiger partial charge on any atom is -0.352 e. The minimum absolute atomic E-state index is 0.0504. The van der Waals surface area contributed by atoms with Crippen LogP contribution in [-0.4, -0.2) is 48.1 Å². The molecule has 2 saturated heterocycles. The maximum atomic E-state index is 12.2. The summed E-state index contributed by atoms with van der Waals surface area (Å²) in [6.45, 7) is 9.95. The second kappa shape index (κ2) is 6.23. The van der Waals surface area contributed by atoms with Gasteiger partial charge in [-0.15, -0.1) is 0 Å². The third-order valence-corrected chi connectivity index (χ3v) is 4.42. The van der Waals surface area contributed by atoms with Gasteiger partial charge in [0.05, 0.1) is 6.04 Å². The number of amides is 1. The summed E-state index contributed by atoms with van der Waals surface area (Å²) >= 11 is 0. The maximum Gasteiger partial charge on any atom is 0.237 e. The van der Waals surface area contributed by atoms with Gasteiger partial charge in [-0.05, 0) is 53.0 Å². The van der Waals surface area contributed by atoms with Crippen LogP contribution in [0.5, 0.6) is 0 Å². The Morgan fingerprint density at radius 2 is 1.84 bits per heavy atom. The van der Waals surface area contributed by atoms with Crippen LogP contribution in [0.1, 0.15) is 52.9 Å². The Labute approximate surface area is 117 Å². The average molecular weight is 267 g/mol. The number of hydrogen-bond acceptors (Lipinski definition) is 3. The van der Waals surface area contributed by atoms with Crippen LogP contribution in [0.15, 0.2) is 0 Å². The molecule has 0 spiro atoms. The van der Waals surface area contributed by atoms with Crippen molar-refractivity contribution in [3.05, 3.63) is 0 Å². The highest BCUT2D eigenvalue weighted by Crippen LogP contribution is 2.20. The van der Waals surface area contributed by atoms with E-state index in [4.69, 9.17) is 0 Å². The number of nitrogens with zero attached hydrogens (tertiary/aromatic N) is 1. The van der Waals surface area contributed by atoms with E-state index < -0.39 is 0 Å². The van der Waals surface area contributed by atoms with Gasteiger partial charge < -0.3 is 10.6 Å². The van der Waals surface area contributed by atoms with Crippen LogP contribution in [0, 0.1) is 0 Å². The molecule has 4 nitrogen and oxygen atoms in total. The Kier molecular flexibility index (Phi) is 4.85. The summed E-state index contributed by atoms with van der Waals surface area (Å²) in [7, 11) is 0. The zero-order valence-electron chi connectivity index (χ0n) is 12.7. The van der Waals surface area contributed by atoms with E-state index in [1.807, 2.05) is 0 Å². The van der Waals surface area contributed by atoms with Gasteiger partial charge >= 0.3 is 0 Å². The zero-order valence-corrected chi connectivity index (χ0v) is 12.7. The van der Waals surface area contributed by atoms with Crippen molar-refractivity contribution in [2.24, 2.45) is 0 Å². The highest BCUT2D eigenvalue weighted by atomic mass is 16.2. The van der Waals surface area contributed by atoms with Gasteiger partial charge in [0.25, 0.3) is 0 Å². The molecule has 1 amide bonds. The van der Waals surface area contributed by atoms with Crippen molar-refractivity contribution < 1.29 is 4.79 Å². The molecule has 2 heterocycles. The molecule has 2 aliphatic heterocycles. The van der Waals surface area contributed by atoms with Crippen molar-refractivity contribution in [2.75, 3.05) is 19.6 Å². The monoisotopic (exact) mass is 267 g/mol. The highest BCUT2D eigenvalue weighted by Gasteiger charge is 2.29. The number of hydrogen-bond donors (Lipinski definition) is 2. The van der Waals surface area contributed by atoms with Crippen LogP contribution >= 0.6 is 0 Å². The van der Waals surface area contributed by atoms with E-state index in [9.17, 15) is 4.79 Å². The first-order chi connectivity index (χ1) is 8.97. The molecule has 0 saturated carbocycles. The molecular weight excluding hydrogens is 238 g/mol. The average Bonchev–Trinajstić information content (AvgIpc) is 2.39. The fourth-order valence-corrected chi connectivity index (χ4v) is 3.07. The first kappa shape index (κ1) is 14.8. The van der Waals surface area contributed by atoms with Crippen LogP contribution in [0.3, 0.4) is 0 Å². The molecule has 0 aliphatic carbocycles. The van der Waals surface area contributed by atoms with Gasteiger partial charge in [0, 0.05) is 24.7 Å². The van der Waals surface area contributed by atoms with Crippen molar-refractivity contribution in [1.29, 1.82) is 0 Å². The minimum atomic E-state index is 0.0504. The molecule has 1 atom stereocenters. The molecular formula is C15H29N3O. The van der Waals surface area contributed by atoms with E-state index in [1.165, 1.54) is 12.8 Å². The lowest BCUT2D eigenvalue weighted by Gasteiger charge is -2.41. The summed E-state index contributed by atoms with van der Waals surface area (Å²) in [6.07, 6.45) is 5.53. The fraction of sp³-hybridized carbons (Fsp3) is 0.933. The number of piperidine rings is 2. The molecule has 2 rings (SSSR count). The normalized spacial score (nSPS) is 27.2. The second-order valence-electron chi connectivity index (χ2n) is 6.94. The Morgan fingerprint density at radius 1 is 1.16 bits per heavy atom. The summed E-state index contributed by atoms with van der Waals surface area (Å²) in [4.78, 5) is 14.7. The summed E-state index contributed by atoms with van der Waals surface area (Å²) in [5.74, 6) is 0.217. The van der Waals surface area contributed by atoms with E-state index >= 15 is 0 Å². The molecule has 0 aromatic heterocycles. The SMILES string of the molecule is CC(C)(C)N1CCC(NC(=O)C2CCCCN2)CC1. The van der Waals surface area contributed by atoms with Crippen molar-refractivity contribution >= 4 is 5.91 Å². The molecule has 1 unspecified atom stereocenters. The smallest absolute Gasteiger partial charge is 0.237 e. The molecule has 2 fully saturated rings. The Balaban J connectivity index is 1.74. The number of carbonyl (C=O) groups is 1. The summed E-state index contributed by atoms with van der Waals surface area (Å²) in [5.41, 5.74) is 0.250. The van der Waals surface area contributed by atoms with Gasteiger partial charge in [-0.2, -0.15) is 0 Å². The van der Waals surface area contributed by atoms with E-state index in [0.717, 1.165) is 38.9 Å². The van der Waals surface area contributed by atoms with E-state index in [1.54, 1.807) is 0 Å². The van der Waals surface area contributed by atoms with Crippen LogP contribution in [0.2, 0.25) is 0 Å². The van der Waals surface area contributed by atoms with E-state index in [-0.39, 0.29) is 17.5 Å². The van der Waals surface area contributed by atoms with E-state index in [0.29, 0.717) is 6.04 Å². The molecule has 0 aromatic rings. The van der Waals surface area contributed by atoms with Crippen LogP contribution in [0.4, 0.5) is 0 Å². The Hall–Kier alpha value is -0.610. The summed E-state index contributed by atoms with van der Waals surface area (Å²) in [6, 6.07) is 0.421. The van der Waals surface area contributed by atoms with Crippen molar-refractivity contribution in [2.45, 2.75) is 70.5 Å². The largest absolute Gasteiger partial charge is 0.352 e. The molecule has 2 aliphatic rings. The van der Waals surface area contributed by atoms with Crippen LogP contribution in [0.25, 0.3) is 0 Å². The fourth-order valence-electron chi connectivity index (χ4n) is 3.07. The van der Waals surface area contributed by atoms with Gasteiger partial charge in [-0.1, -0.05) is 6.42 Å². The standard InChI is InChI=1S/C15H29N3O/c1-15(2,3)18-10-7-12(8-11-18)17-14(19)13-6-4-5-9-16-13/h12-13,16H,4-11H2,1-3H3,(H,17,19). The Morgan fingerprint density at radius 3 is 2.37 bits per heavy atom. The van der Waals surface area contributed by atoms with Crippen molar-refractivity contribution in [3.63, 3.8) is 0 Å². The predicted molar refractivity (Wildman–Crippen MR) is 78.1 cm³/mol. The number of carbonyl (C=O) groups excluding carboxylic acids is 1. The molecule has 0 aromatic carbocycles. The first-order valence-corrected chi connectivity index (χ1v) is 7.75.